The average Bonchev–Trinajstić information content (AvgIpc) is 3.52. The van der Waals surface area contributed by atoms with Gasteiger partial charge in [-0.15, -0.1) is 0 Å². The van der Waals surface area contributed by atoms with Crippen molar-refractivity contribution in [2.75, 3.05) is 20.7 Å². The molecule has 0 aromatic heterocycles. The molecule has 2 heterocycles. The SMILES string of the molecule is CCCCC1OC1COP1N(C)[C@@H](c2cccc(C(F)(F)F)c2)[C@H](c2cccc(C(F)(F)F)c2)N1C. The Morgan fingerprint density at radius 2 is 1.33 bits per heavy atom. The fraction of sp³-hybridized carbons (Fsp3) is 0.520. The summed E-state index contributed by atoms with van der Waals surface area (Å²) >= 11 is 0. The topological polar surface area (TPSA) is 28.2 Å². The van der Waals surface area contributed by atoms with Gasteiger partial charge in [-0.3, -0.25) is 0 Å². The summed E-state index contributed by atoms with van der Waals surface area (Å²) in [6, 6.07) is 8.62. The Kier molecular flexibility index (Phi) is 8.03. The molecule has 198 valence electrons. The number of benzene rings is 2. The van der Waals surface area contributed by atoms with Crippen LogP contribution in [0.1, 0.15) is 60.5 Å². The van der Waals surface area contributed by atoms with Crippen LogP contribution in [0.5, 0.6) is 0 Å². The van der Waals surface area contributed by atoms with Crippen molar-refractivity contribution in [3.63, 3.8) is 0 Å². The Bertz CT molecular complexity index is 980. The molecule has 2 aliphatic heterocycles. The third kappa shape index (κ3) is 5.89. The quantitative estimate of drug-likeness (QED) is 0.198. The van der Waals surface area contributed by atoms with E-state index in [9.17, 15) is 26.3 Å². The monoisotopic (exact) mass is 534 g/mol. The highest BCUT2D eigenvalue weighted by Gasteiger charge is 2.49. The summed E-state index contributed by atoms with van der Waals surface area (Å²) in [4.78, 5) is 0. The maximum Gasteiger partial charge on any atom is 0.416 e. The van der Waals surface area contributed by atoms with E-state index in [4.69, 9.17) is 9.26 Å². The van der Waals surface area contributed by atoms with Crippen LogP contribution in [0.25, 0.3) is 0 Å². The van der Waals surface area contributed by atoms with E-state index in [2.05, 4.69) is 6.92 Å². The summed E-state index contributed by atoms with van der Waals surface area (Å²) in [7, 11) is 2.01. The van der Waals surface area contributed by atoms with Crippen LogP contribution >= 0.6 is 8.45 Å². The van der Waals surface area contributed by atoms with Crippen LogP contribution in [0, 0.1) is 0 Å². The fourth-order valence-electron chi connectivity index (χ4n) is 4.75. The maximum atomic E-state index is 13.5. The summed E-state index contributed by atoms with van der Waals surface area (Å²) in [5, 5.41) is 0. The Hall–Kier alpha value is -1.71. The van der Waals surface area contributed by atoms with Crippen LogP contribution in [0.2, 0.25) is 0 Å². The number of nitrogens with zero attached hydrogens (tertiary/aromatic N) is 2. The number of halogens is 6. The van der Waals surface area contributed by atoms with Crippen molar-refractivity contribution in [1.82, 2.24) is 9.34 Å². The van der Waals surface area contributed by atoms with Crippen molar-refractivity contribution in [2.45, 2.75) is 62.8 Å². The Balaban J connectivity index is 1.65. The van der Waals surface area contributed by atoms with Crippen molar-refractivity contribution >= 4 is 8.45 Å². The second kappa shape index (κ2) is 10.6. The smallest absolute Gasteiger partial charge is 0.367 e. The van der Waals surface area contributed by atoms with E-state index in [1.165, 1.54) is 12.1 Å². The van der Waals surface area contributed by atoms with E-state index < -0.39 is 44.0 Å². The van der Waals surface area contributed by atoms with E-state index in [0.29, 0.717) is 17.7 Å². The largest absolute Gasteiger partial charge is 0.416 e. The van der Waals surface area contributed by atoms with Gasteiger partial charge < -0.3 is 9.26 Å². The zero-order valence-electron chi connectivity index (χ0n) is 20.2. The molecule has 4 nitrogen and oxygen atoms in total. The molecule has 0 aliphatic carbocycles. The van der Waals surface area contributed by atoms with Crippen LogP contribution in [0.4, 0.5) is 26.3 Å². The van der Waals surface area contributed by atoms with Crippen molar-refractivity contribution in [2.24, 2.45) is 0 Å². The molecule has 0 bridgehead atoms. The molecule has 2 aromatic carbocycles. The first-order valence-electron chi connectivity index (χ1n) is 11.8. The van der Waals surface area contributed by atoms with Crippen molar-refractivity contribution in [3.8, 4) is 0 Å². The van der Waals surface area contributed by atoms with Crippen molar-refractivity contribution < 1.29 is 35.6 Å². The standard InChI is InChI=1S/C25H29F6N2O2P/c1-4-5-12-20-21(35-20)15-34-36-32(2)22(16-8-6-10-18(13-16)24(26,27)28)23(33(36)3)17-9-7-11-19(14-17)25(29,30)31/h6-11,13-14,20-23H,4-5,12,15H2,1-3H3/t20?,21?,22-,23-/m0/s1. The summed E-state index contributed by atoms with van der Waals surface area (Å²) < 4.78 is 96.4. The molecular weight excluding hydrogens is 505 g/mol. The first-order chi connectivity index (χ1) is 16.9. The number of ether oxygens (including phenoxy) is 1. The highest BCUT2D eigenvalue weighted by molar-refractivity contribution is 7.47. The number of hydrogen-bond acceptors (Lipinski definition) is 4. The summed E-state index contributed by atoms with van der Waals surface area (Å²) in [6.45, 7) is 2.42. The number of epoxide rings is 1. The van der Waals surface area contributed by atoms with Gasteiger partial charge in [-0.25, -0.2) is 9.34 Å². The minimum atomic E-state index is -4.54. The van der Waals surface area contributed by atoms with Gasteiger partial charge in [0.2, 0.25) is 0 Å². The first-order valence-corrected chi connectivity index (χ1v) is 13.0. The molecular formula is C25H29F6N2O2P. The lowest BCUT2D eigenvalue weighted by atomic mass is 9.91. The number of alkyl halides is 6. The minimum Gasteiger partial charge on any atom is -0.367 e. The van der Waals surface area contributed by atoms with Gasteiger partial charge >= 0.3 is 12.4 Å². The predicted octanol–water partition coefficient (Wildman–Crippen LogP) is 7.58. The normalized spacial score (nSPS) is 26.0. The van der Waals surface area contributed by atoms with Crippen molar-refractivity contribution in [1.29, 1.82) is 0 Å². The zero-order chi connectivity index (χ0) is 26.3. The minimum absolute atomic E-state index is 0.0412. The molecule has 0 spiro atoms. The predicted molar refractivity (Wildman–Crippen MR) is 125 cm³/mol. The lowest BCUT2D eigenvalue weighted by Crippen LogP contribution is -2.22. The number of hydrogen-bond donors (Lipinski definition) is 0. The Labute approximate surface area is 208 Å². The highest BCUT2D eigenvalue weighted by atomic mass is 31.2. The van der Waals surface area contributed by atoms with Gasteiger partial charge in [0, 0.05) is 0 Å². The molecule has 36 heavy (non-hydrogen) atoms. The van der Waals surface area contributed by atoms with Gasteiger partial charge in [0.15, 0.2) is 8.45 Å². The Morgan fingerprint density at radius 3 is 1.78 bits per heavy atom. The van der Waals surface area contributed by atoms with Gasteiger partial charge in [-0.05, 0) is 55.9 Å². The Morgan fingerprint density at radius 1 is 0.833 bits per heavy atom. The molecule has 2 unspecified atom stereocenters. The molecule has 0 amide bonds. The average molecular weight is 534 g/mol. The third-order valence-corrected chi connectivity index (χ3v) is 8.60. The number of likely N-dealkylation sites (N-methyl/N-ethyl adjacent to an activating group) is 2. The molecule has 0 N–H and O–H groups in total. The van der Waals surface area contributed by atoms with E-state index in [0.717, 1.165) is 43.5 Å². The fourth-order valence-corrected chi connectivity index (χ4v) is 6.78. The first kappa shape index (κ1) is 27.3. The molecule has 2 aromatic rings. The van der Waals surface area contributed by atoms with Gasteiger partial charge in [-0.2, -0.15) is 26.3 Å². The maximum absolute atomic E-state index is 13.5. The molecule has 0 radical (unpaired) electrons. The van der Waals surface area contributed by atoms with Gasteiger partial charge in [0.1, 0.15) is 6.10 Å². The molecule has 4 rings (SSSR count). The van der Waals surface area contributed by atoms with E-state index in [-0.39, 0.29) is 12.2 Å². The van der Waals surface area contributed by atoms with E-state index in [1.807, 2.05) is 9.34 Å². The lowest BCUT2D eigenvalue weighted by molar-refractivity contribution is -0.138. The number of rotatable bonds is 8. The van der Waals surface area contributed by atoms with Crippen LogP contribution < -0.4 is 0 Å². The molecule has 2 aliphatic rings. The summed E-state index contributed by atoms with van der Waals surface area (Å²) in [6.07, 6.45) is -5.94. The highest BCUT2D eigenvalue weighted by Crippen LogP contribution is 2.63. The zero-order valence-corrected chi connectivity index (χ0v) is 21.1. The van der Waals surface area contributed by atoms with Gasteiger partial charge in [-0.1, -0.05) is 44.0 Å². The second-order valence-corrected chi connectivity index (χ2v) is 11.2. The summed E-state index contributed by atoms with van der Waals surface area (Å²) in [5.41, 5.74) is -0.889. The second-order valence-electron chi connectivity index (χ2n) is 9.19. The third-order valence-electron chi connectivity index (χ3n) is 6.64. The molecule has 0 saturated carbocycles. The van der Waals surface area contributed by atoms with E-state index in [1.54, 1.807) is 26.2 Å². The molecule has 11 heteroatoms. The van der Waals surface area contributed by atoms with Gasteiger partial charge in [0.05, 0.1) is 35.9 Å². The van der Waals surface area contributed by atoms with Crippen LogP contribution in [0.3, 0.4) is 0 Å². The van der Waals surface area contributed by atoms with Crippen LogP contribution in [-0.4, -0.2) is 42.3 Å². The molecule has 4 atom stereocenters. The van der Waals surface area contributed by atoms with Crippen LogP contribution in [-0.2, 0) is 21.6 Å². The summed E-state index contributed by atoms with van der Waals surface area (Å²) in [5.74, 6) is 0. The molecule has 2 saturated heterocycles. The van der Waals surface area contributed by atoms with Crippen molar-refractivity contribution in [3.05, 3.63) is 70.8 Å². The molecule has 2 fully saturated rings. The van der Waals surface area contributed by atoms with Gasteiger partial charge in [0.25, 0.3) is 0 Å². The van der Waals surface area contributed by atoms with E-state index >= 15 is 0 Å². The van der Waals surface area contributed by atoms with Crippen LogP contribution in [0.15, 0.2) is 48.5 Å². The number of unbranched alkanes of at least 4 members (excludes halogenated alkanes) is 1. The lowest BCUT2D eigenvalue weighted by Gasteiger charge is -2.27.